The fourth-order valence-electron chi connectivity index (χ4n) is 1.88. The number of fused-ring (bicyclic) bond motifs is 1. The first-order valence-corrected chi connectivity index (χ1v) is 6.08. The van der Waals surface area contributed by atoms with Gasteiger partial charge < -0.3 is 15.2 Å². The highest BCUT2D eigenvalue weighted by atomic mass is 16.6. The highest BCUT2D eigenvalue weighted by molar-refractivity contribution is 5.53. The van der Waals surface area contributed by atoms with Gasteiger partial charge in [-0.3, -0.25) is 0 Å². The Balaban J connectivity index is 1.88. The molecule has 1 aliphatic rings. The van der Waals surface area contributed by atoms with Gasteiger partial charge in [-0.25, -0.2) is 0 Å². The molecule has 19 heavy (non-hydrogen) atoms. The lowest BCUT2D eigenvalue weighted by Gasteiger charge is -2.17. The summed E-state index contributed by atoms with van der Waals surface area (Å²) in [5.41, 5.74) is 8.22. The Kier molecular flexibility index (Phi) is 2.99. The van der Waals surface area contributed by atoms with Gasteiger partial charge in [-0.15, -0.1) is 0 Å². The molecule has 1 heterocycles. The van der Waals surface area contributed by atoms with Crippen LogP contribution in [0.3, 0.4) is 0 Å². The number of rotatable bonds is 0. The molecule has 94 valence electrons. The molecule has 3 nitrogen and oxygen atoms in total. The van der Waals surface area contributed by atoms with Crippen molar-refractivity contribution in [1.29, 1.82) is 0 Å². The minimum Gasteiger partial charge on any atom is -0.486 e. The first-order valence-electron chi connectivity index (χ1n) is 6.08. The van der Waals surface area contributed by atoms with Crippen LogP contribution in [0.15, 0.2) is 42.5 Å². The van der Waals surface area contributed by atoms with E-state index in [1.54, 1.807) is 0 Å². The van der Waals surface area contributed by atoms with Gasteiger partial charge in [-0.05, 0) is 36.4 Å². The summed E-state index contributed by atoms with van der Waals surface area (Å²) in [7, 11) is 0. The predicted molar refractivity (Wildman–Crippen MR) is 74.3 cm³/mol. The Morgan fingerprint density at radius 1 is 0.842 bits per heavy atom. The van der Waals surface area contributed by atoms with Crippen molar-refractivity contribution in [3.8, 4) is 23.3 Å². The number of nitrogen functional groups attached to an aromatic ring is 1. The summed E-state index contributed by atoms with van der Waals surface area (Å²) >= 11 is 0. The van der Waals surface area contributed by atoms with Crippen LogP contribution in [0.25, 0.3) is 0 Å². The summed E-state index contributed by atoms with van der Waals surface area (Å²) in [6, 6.07) is 13.2. The van der Waals surface area contributed by atoms with Crippen LogP contribution in [0.4, 0.5) is 5.69 Å². The summed E-state index contributed by atoms with van der Waals surface area (Å²) in [5, 5.41) is 0. The van der Waals surface area contributed by atoms with Crippen molar-refractivity contribution in [1.82, 2.24) is 0 Å². The van der Waals surface area contributed by atoms with E-state index in [0.717, 1.165) is 22.6 Å². The second-order valence-electron chi connectivity index (χ2n) is 4.23. The molecule has 0 aromatic heterocycles. The van der Waals surface area contributed by atoms with Crippen LogP contribution in [0.5, 0.6) is 11.5 Å². The maximum atomic E-state index is 5.71. The molecule has 0 saturated heterocycles. The van der Waals surface area contributed by atoms with Crippen molar-refractivity contribution in [2.24, 2.45) is 0 Å². The molecule has 0 atom stereocenters. The Bertz CT molecular complexity index is 668. The number of nitrogens with two attached hydrogens (primary N) is 1. The molecule has 0 fully saturated rings. The molecular formula is C16H13NO2. The van der Waals surface area contributed by atoms with Crippen LogP contribution in [0.2, 0.25) is 0 Å². The number of ether oxygens (including phenoxy) is 2. The molecule has 2 aromatic rings. The Morgan fingerprint density at radius 3 is 2.37 bits per heavy atom. The standard InChI is InChI=1S/C16H13NO2/c17-14-3-1-2-12(10-14)4-5-13-6-7-15-16(11-13)19-9-8-18-15/h1-3,6-7,10-11H,8-9,17H2. The first kappa shape index (κ1) is 11.5. The van der Waals surface area contributed by atoms with Gasteiger partial charge in [0, 0.05) is 16.8 Å². The minimum atomic E-state index is 0.582. The van der Waals surface area contributed by atoms with E-state index in [2.05, 4.69) is 11.8 Å². The van der Waals surface area contributed by atoms with Crippen molar-refractivity contribution >= 4 is 5.69 Å². The lowest BCUT2D eigenvalue weighted by molar-refractivity contribution is 0.171. The second-order valence-corrected chi connectivity index (χ2v) is 4.23. The van der Waals surface area contributed by atoms with Crippen LogP contribution in [0, 0.1) is 11.8 Å². The Hall–Kier alpha value is -2.60. The van der Waals surface area contributed by atoms with Crippen molar-refractivity contribution in [3.05, 3.63) is 53.6 Å². The van der Waals surface area contributed by atoms with Gasteiger partial charge in [-0.2, -0.15) is 0 Å². The summed E-state index contributed by atoms with van der Waals surface area (Å²) in [6.07, 6.45) is 0. The van der Waals surface area contributed by atoms with Gasteiger partial charge in [-0.1, -0.05) is 17.9 Å². The SMILES string of the molecule is Nc1cccc(C#Cc2ccc3c(c2)OCCO3)c1. The molecule has 3 rings (SSSR count). The number of hydrogen-bond acceptors (Lipinski definition) is 3. The largest absolute Gasteiger partial charge is 0.486 e. The van der Waals surface area contributed by atoms with E-state index in [9.17, 15) is 0 Å². The molecule has 0 spiro atoms. The topological polar surface area (TPSA) is 44.5 Å². The van der Waals surface area contributed by atoms with Gasteiger partial charge in [0.05, 0.1) is 0 Å². The molecule has 3 heteroatoms. The summed E-state index contributed by atoms with van der Waals surface area (Å²) in [4.78, 5) is 0. The zero-order valence-electron chi connectivity index (χ0n) is 10.3. The lowest BCUT2D eigenvalue weighted by Crippen LogP contribution is -2.15. The molecular weight excluding hydrogens is 238 g/mol. The van der Waals surface area contributed by atoms with Crippen molar-refractivity contribution in [3.63, 3.8) is 0 Å². The van der Waals surface area contributed by atoms with Gasteiger partial charge >= 0.3 is 0 Å². The van der Waals surface area contributed by atoms with Crippen molar-refractivity contribution in [2.75, 3.05) is 18.9 Å². The molecule has 2 N–H and O–H groups in total. The third-order valence-electron chi connectivity index (χ3n) is 2.78. The normalized spacial score (nSPS) is 12.4. The van der Waals surface area contributed by atoms with E-state index in [4.69, 9.17) is 15.2 Å². The smallest absolute Gasteiger partial charge is 0.162 e. The zero-order valence-corrected chi connectivity index (χ0v) is 10.3. The fraction of sp³-hybridized carbons (Fsp3) is 0.125. The molecule has 1 aliphatic heterocycles. The van der Waals surface area contributed by atoms with Gasteiger partial charge in [0.15, 0.2) is 11.5 Å². The molecule has 0 unspecified atom stereocenters. The zero-order chi connectivity index (χ0) is 13.1. The lowest BCUT2D eigenvalue weighted by atomic mass is 10.1. The average molecular weight is 251 g/mol. The van der Waals surface area contributed by atoms with Crippen LogP contribution in [-0.2, 0) is 0 Å². The van der Waals surface area contributed by atoms with E-state index in [1.165, 1.54) is 0 Å². The maximum Gasteiger partial charge on any atom is 0.162 e. The average Bonchev–Trinajstić information content (AvgIpc) is 2.45. The van der Waals surface area contributed by atoms with E-state index in [1.807, 2.05) is 42.5 Å². The monoisotopic (exact) mass is 251 g/mol. The van der Waals surface area contributed by atoms with E-state index < -0.39 is 0 Å². The Morgan fingerprint density at radius 2 is 1.58 bits per heavy atom. The van der Waals surface area contributed by atoms with E-state index in [0.29, 0.717) is 18.9 Å². The highest BCUT2D eigenvalue weighted by Gasteiger charge is 2.10. The molecule has 0 saturated carbocycles. The van der Waals surface area contributed by atoms with Crippen molar-refractivity contribution in [2.45, 2.75) is 0 Å². The van der Waals surface area contributed by atoms with Gasteiger partial charge in [0.2, 0.25) is 0 Å². The summed E-state index contributed by atoms with van der Waals surface area (Å²) in [6.45, 7) is 1.18. The second kappa shape index (κ2) is 4.95. The molecule has 0 bridgehead atoms. The van der Waals surface area contributed by atoms with Crippen LogP contribution in [-0.4, -0.2) is 13.2 Å². The van der Waals surface area contributed by atoms with Gasteiger partial charge in [0.25, 0.3) is 0 Å². The van der Waals surface area contributed by atoms with E-state index in [-0.39, 0.29) is 0 Å². The first-order chi connectivity index (χ1) is 9.31. The molecule has 2 aromatic carbocycles. The third-order valence-corrected chi connectivity index (χ3v) is 2.78. The highest BCUT2D eigenvalue weighted by Crippen LogP contribution is 2.30. The van der Waals surface area contributed by atoms with Crippen LogP contribution < -0.4 is 15.2 Å². The number of anilines is 1. The molecule has 0 amide bonds. The van der Waals surface area contributed by atoms with Gasteiger partial charge in [0.1, 0.15) is 13.2 Å². The summed E-state index contributed by atoms with van der Waals surface area (Å²) in [5.74, 6) is 7.71. The predicted octanol–water partition coefficient (Wildman–Crippen LogP) is 2.44. The minimum absolute atomic E-state index is 0.582. The fourth-order valence-corrected chi connectivity index (χ4v) is 1.88. The summed E-state index contributed by atoms with van der Waals surface area (Å²) < 4.78 is 11.0. The molecule has 0 radical (unpaired) electrons. The van der Waals surface area contributed by atoms with Crippen LogP contribution in [0.1, 0.15) is 11.1 Å². The third kappa shape index (κ3) is 2.63. The molecule has 0 aliphatic carbocycles. The maximum absolute atomic E-state index is 5.71. The van der Waals surface area contributed by atoms with E-state index >= 15 is 0 Å². The number of hydrogen-bond donors (Lipinski definition) is 1. The number of benzene rings is 2. The van der Waals surface area contributed by atoms with Crippen molar-refractivity contribution < 1.29 is 9.47 Å². The Labute approximate surface area is 112 Å². The quantitative estimate of drug-likeness (QED) is 0.577. The van der Waals surface area contributed by atoms with Crippen LogP contribution >= 0.6 is 0 Å².